The van der Waals surface area contributed by atoms with Gasteiger partial charge >= 0.3 is 12.3 Å². The second kappa shape index (κ2) is 5.70. The van der Waals surface area contributed by atoms with E-state index >= 15 is 0 Å². The van der Waals surface area contributed by atoms with Crippen molar-refractivity contribution in [1.29, 1.82) is 0 Å². The molecule has 0 aliphatic heterocycles. The summed E-state index contributed by atoms with van der Waals surface area (Å²) in [7, 11) is 0. The molecule has 2 rings (SSSR count). The molecule has 0 spiro atoms. The van der Waals surface area contributed by atoms with Gasteiger partial charge in [0.05, 0.1) is 0 Å². The predicted molar refractivity (Wildman–Crippen MR) is 66.5 cm³/mol. The van der Waals surface area contributed by atoms with Gasteiger partial charge in [-0.25, -0.2) is 4.79 Å². The van der Waals surface area contributed by atoms with Gasteiger partial charge in [-0.1, -0.05) is 18.2 Å². The Balaban J connectivity index is 2.12. The van der Waals surface area contributed by atoms with Gasteiger partial charge in [0.2, 0.25) is 6.20 Å². The average molecular weight is 298 g/mol. The number of aromatic nitrogens is 1. The highest BCUT2D eigenvalue weighted by molar-refractivity contribution is 5.85. The van der Waals surface area contributed by atoms with Crippen LogP contribution in [0.2, 0.25) is 0 Å². The minimum Gasteiger partial charge on any atom is -0.619 e. The van der Waals surface area contributed by atoms with E-state index in [0.717, 1.165) is 6.20 Å². The van der Waals surface area contributed by atoms with Crippen LogP contribution in [0.25, 0.3) is 0 Å². The molecule has 110 valence electrons. The third-order valence-corrected chi connectivity index (χ3v) is 2.37. The summed E-state index contributed by atoms with van der Waals surface area (Å²) in [6.45, 7) is 0. The molecule has 0 bridgehead atoms. The number of benzene rings is 1. The van der Waals surface area contributed by atoms with E-state index in [4.69, 9.17) is 4.74 Å². The first kappa shape index (κ1) is 14.6. The molecule has 1 aromatic heterocycles. The van der Waals surface area contributed by atoms with Gasteiger partial charge in [0.1, 0.15) is 17.0 Å². The number of anilines is 1. The second-order valence-corrected chi connectivity index (χ2v) is 4.00. The Bertz CT molecular complexity index is 645. The topological polar surface area (TPSA) is 65.3 Å². The van der Waals surface area contributed by atoms with Crippen LogP contribution in [-0.4, -0.2) is 6.09 Å². The molecule has 2 aromatic rings. The van der Waals surface area contributed by atoms with Crippen molar-refractivity contribution in [1.82, 2.24) is 0 Å². The van der Waals surface area contributed by atoms with Crippen LogP contribution in [0.3, 0.4) is 0 Å². The fourth-order valence-electron chi connectivity index (χ4n) is 1.52. The molecule has 1 amide bonds. The van der Waals surface area contributed by atoms with Crippen LogP contribution in [0.1, 0.15) is 5.56 Å². The van der Waals surface area contributed by atoms with Crippen molar-refractivity contribution < 1.29 is 27.4 Å². The molecule has 21 heavy (non-hydrogen) atoms. The number of carbonyl (C=O) groups excluding carboxylic acids is 1. The fourth-order valence-corrected chi connectivity index (χ4v) is 1.52. The van der Waals surface area contributed by atoms with Crippen molar-refractivity contribution in [3.63, 3.8) is 0 Å². The number of hydrogen-bond donors (Lipinski definition) is 1. The Hall–Kier alpha value is -2.77. The summed E-state index contributed by atoms with van der Waals surface area (Å²) in [5, 5.41) is 13.2. The zero-order valence-corrected chi connectivity index (χ0v) is 10.4. The molecule has 0 fully saturated rings. The zero-order chi connectivity index (χ0) is 15.5. The highest BCUT2D eigenvalue weighted by Crippen LogP contribution is 2.29. The van der Waals surface area contributed by atoms with Crippen LogP contribution >= 0.6 is 0 Å². The Morgan fingerprint density at radius 3 is 2.48 bits per heavy atom. The van der Waals surface area contributed by atoms with Crippen LogP contribution < -0.4 is 14.8 Å². The molecule has 0 saturated heterocycles. The first-order valence-corrected chi connectivity index (χ1v) is 5.69. The summed E-state index contributed by atoms with van der Waals surface area (Å²) >= 11 is 0. The van der Waals surface area contributed by atoms with Crippen LogP contribution in [0.15, 0.2) is 48.8 Å². The van der Waals surface area contributed by atoms with E-state index < -0.39 is 17.8 Å². The van der Waals surface area contributed by atoms with Gasteiger partial charge in [-0.05, 0) is 18.2 Å². The molecule has 0 aliphatic carbocycles. The minimum absolute atomic E-state index is 0.0407. The van der Waals surface area contributed by atoms with Crippen molar-refractivity contribution in [2.45, 2.75) is 6.18 Å². The van der Waals surface area contributed by atoms with E-state index in [1.165, 1.54) is 12.1 Å². The quantitative estimate of drug-likeness (QED) is 0.684. The number of pyridine rings is 1. The standard InChI is InChI=1S/C13H9F3N2O3/c14-13(15,16)9-6-10(8-18(20)7-9)17-12(19)21-11-4-2-1-3-5-11/h1-8H,(H,17,19). The lowest BCUT2D eigenvalue weighted by molar-refractivity contribution is -0.605. The lowest BCUT2D eigenvalue weighted by Crippen LogP contribution is -2.29. The van der Waals surface area contributed by atoms with E-state index in [1.54, 1.807) is 18.2 Å². The monoisotopic (exact) mass is 298 g/mol. The number of nitrogens with zero attached hydrogens (tertiary/aromatic N) is 1. The molecule has 0 unspecified atom stereocenters. The molecule has 0 atom stereocenters. The van der Waals surface area contributed by atoms with Crippen molar-refractivity contribution in [3.8, 4) is 5.75 Å². The average Bonchev–Trinajstić information content (AvgIpc) is 2.37. The van der Waals surface area contributed by atoms with E-state index in [-0.39, 0.29) is 16.2 Å². The van der Waals surface area contributed by atoms with Crippen LogP contribution in [0, 0.1) is 5.21 Å². The molecule has 1 aromatic carbocycles. The summed E-state index contributed by atoms with van der Waals surface area (Å²) in [4.78, 5) is 11.5. The molecular weight excluding hydrogens is 289 g/mol. The number of hydrogen-bond acceptors (Lipinski definition) is 3. The maximum atomic E-state index is 12.5. The number of halogens is 3. The maximum absolute atomic E-state index is 12.5. The molecule has 5 nitrogen and oxygen atoms in total. The van der Waals surface area contributed by atoms with E-state index in [1.807, 2.05) is 0 Å². The normalized spacial score (nSPS) is 11.0. The summed E-state index contributed by atoms with van der Waals surface area (Å²) < 4.78 is 42.4. The third kappa shape index (κ3) is 4.10. The molecule has 0 aliphatic rings. The molecule has 0 radical (unpaired) electrons. The number of amides is 1. The van der Waals surface area contributed by atoms with Crippen molar-refractivity contribution >= 4 is 11.8 Å². The van der Waals surface area contributed by atoms with Gasteiger partial charge in [-0.15, -0.1) is 0 Å². The van der Waals surface area contributed by atoms with E-state index in [2.05, 4.69) is 5.32 Å². The number of nitrogens with one attached hydrogen (secondary N) is 1. The number of rotatable bonds is 2. The molecular formula is C13H9F3N2O3. The largest absolute Gasteiger partial charge is 0.619 e. The number of carbonyl (C=O) groups is 1. The Morgan fingerprint density at radius 1 is 1.19 bits per heavy atom. The zero-order valence-electron chi connectivity index (χ0n) is 10.4. The van der Waals surface area contributed by atoms with Gasteiger partial charge in [0.25, 0.3) is 0 Å². The van der Waals surface area contributed by atoms with Gasteiger partial charge in [0.15, 0.2) is 6.20 Å². The number of ether oxygens (including phenoxy) is 1. The van der Waals surface area contributed by atoms with Crippen molar-refractivity contribution in [3.05, 3.63) is 59.6 Å². The van der Waals surface area contributed by atoms with Crippen LogP contribution in [0.4, 0.5) is 23.7 Å². The van der Waals surface area contributed by atoms with Gasteiger partial charge < -0.3 is 9.94 Å². The van der Waals surface area contributed by atoms with E-state index in [9.17, 15) is 23.2 Å². The van der Waals surface area contributed by atoms with Crippen LogP contribution in [-0.2, 0) is 6.18 Å². The second-order valence-electron chi connectivity index (χ2n) is 4.00. The van der Waals surface area contributed by atoms with Gasteiger partial charge in [-0.2, -0.15) is 17.9 Å². The Labute approximate surface area is 117 Å². The van der Waals surface area contributed by atoms with Crippen molar-refractivity contribution in [2.24, 2.45) is 0 Å². The number of para-hydroxylation sites is 1. The summed E-state index contributed by atoms with van der Waals surface area (Å²) in [5.74, 6) is 0.219. The maximum Gasteiger partial charge on any atom is 0.422 e. The lowest BCUT2D eigenvalue weighted by Gasteiger charge is -2.09. The SMILES string of the molecule is O=C(Nc1cc(C(F)(F)F)c[n+]([O-])c1)Oc1ccccc1. The van der Waals surface area contributed by atoms with Crippen LogP contribution in [0.5, 0.6) is 5.75 Å². The molecule has 0 saturated carbocycles. The Morgan fingerprint density at radius 2 is 1.86 bits per heavy atom. The third-order valence-electron chi connectivity index (χ3n) is 2.37. The predicted octanol–water partition coefficient (Wildman–Crippen LogP) is 2.95. The molecule has 8 heteroatoms. The van der Waals surface area contributed by atoms with Gasteiger partial charge in [-0.3, -0.25) is 5.32 Å². The highest BCUT2D eigenvalue weighted by Gasteiger charge is 2.33. The van der Waals surface area contributed by atoms with E-state index in [0.29, 0.717) is 12.3 Å². The number of alkyl halides is 3. The lowest BCUT2D eigenvalue weighted by atomic mass is 10.2. The molecule has 1 N–H and O–H groups in total. The minimum atomic E-state index is -4.69. The smallest absolute Gasteiger partial charge is 0.422 e. The fraction of sp³-hybridized carbons (Fsp3) is 0.0769. The first-order valence-electron chi connectivity index (χ1n) is 5.69. The summed E-state index contributed by atoms with van der Waals surface area (Å²) in [5.41, 5.74) is -1.49. The van der Waals surface area contributed by atoms with Gasteiger partial charge in [0, 0.05) is 0 Å². The molecule has 1 heterocycles. The highest BCUT2D eigenvalue weighted by atomic mass is 19.4. The summed E-state index contributed by atoms with van der Waals surface area (Å²) in [6.07, 6.45) is -4.52. The Kier molecular flexibility index (Phi) is 3.97. The summed E-state index contributed by atoms with van der Waals surface area (Å²) in [6, 6.07) is 8.59. The van der Waals surface area contributed by atoms with Crippen molar-refractivity contribution in [2.75, 3.05) is 5.32 Å². The first-order chi connectivity index (χ1) is 9.84.